The number of hydrogen-bond donors (Lipinski definition) is 1. The van der Waals surface area contributed by atoms with E-state index in [2.05, 4.69) is 9.47 Å². The third-order valence-corrected chi connectivity index (χ3v) is 1.78. The molecule has 0 heterocycles. The normalized spacial score (nSPS) is 9.87. The van der Waals surface area contributed by atoms with Gasteiger partial charge in [-0.15, -0.1) is 0 Å². The summed E-state index contributed by atoms with van der Waals surface area (Å²) < 4.78 is 35.6. The van der Waals surface area contributed by atoms with Crippen LogP contribution in [0.5, 0.6) is 11.5 Å². The van der Waals surface area contributed by atoms with E-state index in [9.17, 15) is 13.6 Å². The fraction of sp³-hybridized carbons (Fsp3) is 0.222. The third kappa shape index (κ3) is 1.83. The number of aromatic carboxylic acids is 1. The zero-order valence-electron chi connectivity index (χ0n) is 8.01. The van der Waals surface area contributed by atoms with E-state index in [0.29, 0.717) is 0 Å². The second kappa shape index (κ2) is 4.12. The van der Waals surface area contributed by atoms with E-state index in [-0.39, 0.29) is 5.75 Å². The van der Waals surface area contributed by atoms with Crippen molar-refractivity contribution in [3.8, 4) is 11.5 Å². The quantitative estimate of drug-likeness (QED) is 0.838. The van der Waals surface area contributed by atoms with Crippen molar-refractivity contribution < 1.29 is 28.2 Å². The molecule has 6 heteroatoms. The first kappa shape index (κ1) is 11.2. The highest BCUT2D eigenvalue weighted by molar-refractivity contribution is 5.89. The van der Waals surface area contributed by atoms with E-state index in [4.69, 9.17) is 5.11 Å². The Labute approximate surface area is 84.0 Å². The van der Waals surface area contributed by atoms with Crippen LogP contribution in [0.25, 0.3) is 0 Å². The van der Waals surface area contributed by atoms with E-state index < -0.39 is 28.9 Å². The van der Waals surface area contributed by atoms with Gasteiger partial charge in [0.15, 0.2) is 17.3 Å². The molecule has 0 unspecified atom stereocenters. The molecular formula is C9H8F2O4. The number of carboxylic acid groups (broad SMARTS) is 1. The minimum Gasteiger partial charge on any atom is -0.493 e. The highest BCUT2D eigenvalue weighted by Gasteiger charge is 2.23. The van der Waals surface area contributed by atoms with Crippen LogP contribution >= 0.6 is 0 Å². The van der Waals surface area contributed by atoms with Gasteiger partial charge < -0.3 is 14.6 Å². The molecule has 0 bridgehead atoms. The van der Waals surface area contributed by atoms with Crippen LogP contribution < -0.4 is 9.47 Å². The van der Waals surface area contributed by atoms with Crippen LogP contribution in [0, 0.1) is 11.6 Å². The lowest BCUT2D eigenvalue weighted by molar-refractivity contribution is 0.0690. The summed E-state index contributed by atoms with van der Waals surface area (Å²) in [5.74, 6) is -5.06. The first-order chi connectivity index (χ1) is 7.02. The van der Waals surface area contributed by atoms with Crippen molar-refractivity contribution in [1.29, 1.82) is 0 Å². The fourth-order valence-electron chi connectivity index (χ4n) is 1.08. The molecule has 0 fully saturated rings. The number of rotatable bonds is 3. The van der Waals surface area contributed by atoms with Crippen molar-refractivity contribution >= 4 is 5.97 Å². The van der Waals surface area contributed by atoms with Gasteiger partial charge in [0.2, 0.25) is 5.82 Å². The van der Waals surface area contributed by atoms with Gasteiger partial charge in [-0.2, -0.15) is 4.39 Å². The van der Waals surface area contributed by atoms with Crippen LogP contribution in [0.4, 0.5) is 8.78 Å². The number of halogens is 2. The van der Waals surface area contributed by atoms with Gasteiger partial charge >= 0.3 is 5.97 Å². The molecule has 0 atom stereocenters. The van der Waals surface area contributed by atoms with Crippen LogP contribution in [-0.4, -0.2) is 25.3 Å². The molecule has 4 nitrogen and oxygen atoms in total. The number of carboxylic acids is 1. The van der Waals surface area contributed by atoms with Crippen LogP contribution in [0.3, 0.4) is 0 Å². The Hall–Kier alpha value is -1.85. The molecular weight excluding hydrogens is 210 g/mol. The summed E-state index contributed by atoms with van der Waals surface area (Å²) in [6.07, 6.45) is 0. The van der Waals surface area contributed by atoms with Gasteiger partial charge in [-0.05, 0) is 0 Å². The summed E-state index contributed by atoms with van der Waals surface area (Å²) >= 11 is 0. The number of hydrogen-bond acceptors (Lipinski definition) is 3. The van der Waals surface area contributed by atoms with Crippen molar-refractivity contribution in [3.05, 3.63) is 23.3 Å². The van der Waals surface area contributed by atoms with Crippen molar-refractivity contribution in [2.75, 3.05) is 14.2 Å². The molecule has 15 heavy (non-hydrogen) atoms. The van der Waals surface area contributed by atoms with Gasteiger partial charge in [0.05, 0.1) is 14.2 Å². The Morgan fingerprint density at radius 3 is 2.27 bits per heavy atom. The Balaban J connectivity index is 3.49. The van der Waals surface area contributed by atoms with Crippen LogP contribution in [0.1, 0.15) is 10.4 Å². The average molecular weight is 218 g/mol. The zero-order valence-corrected chi connectivity index (χ0v) is 8.01. The molecule has 1 N–H and O–H groups in total. The third-order valence-electron chi connectivity index (χ3n) is 1.78. The molecule has 0 saturated carbocycles. The molecule has 0 aliphatic carbocycles. The van der Waals surface area contributed by atoms with Gasteiger partial charge in [-0.1, -0.05) is 0 Å². The summed E-state index contributed by atoms with van der Waals surface area (Å²) in [4.78, 5) is 10.5. The number of benzene rings is 1. The second-order valence-electron chi connectivity index (χ2n) is 2.59. The van der Waals surface area contributed by atoms with Gasteiger partial charge in [0.25, 0.3) is 0 Å². The maximum absolute atomic E-state index is 13.2. The molecule has 0 aliphatic heterocycles. The molecule has 1 aromatic carbocycles. The predicted octanol–water partition coefficient (Wildman–Crippen LogP) is 1.68. The van der Waals surface area contributed by atoms with Crippen molar-refractivity contribution in [3.63, 3.8) is 0 Å². The van der Waals surface area contributed by atoms with E-state index in [1.54, 1.807) is 0 Å². The maximum atomic E-state index is 13.2. The van der Waals surface area contributed by atoms with Gasteiger partial charge in [0, 0.05) is 6.07 Å². The van der Waals surface area contributed by atoms with Crippen molar-refractivity contribution in [2.24, 2.45) is 0 Å². The fourth-order valence-corrected chi connectivity index (χ4v) is 1.08. The first-order valence-corrected chi connectivity index (χ1v) is 3.86. The summed E-state index contributed by atoms with van der Waals surface area (Å²) in [6, 6.07) is 0.861. The molecule has 0 aliphatic rings. The topological polar surface area (TPSA) is 55.8 Å². The van der Waals surface area contributed by atoms with E-state index in [1.807, 2.05) is 0 Å². The van der Waals surface area contributed by atoms with Crippen LogP contribution in [0.2, 0.25) is 0 Å². The standard InChI is InChI=1S/C9H8F2O4/c1-14-5-3-4(9(12)13)6(10)7(11)8(5)15-2/h3H,1-2H3,(H,12,13). The van der Waals surface area contributed by atoms with E-state index in [0.717, 1.165) is 13.2 Å². The highest BCUT2D eigenvalue weighted by atomic mass is 19.2. The smallest absolute Gasteiger partial charge is 0.338 e. The lowest BCUT2D eigenvalue weighted by atomic mass is 10.1. The first-order valence-electron chi connectivity index (χ1n) is 3.86. The summed E-state index contributed by atoms with van der Waals surface area (Å²) in [7, 11) is 2.32. The van der Waals surface area contributed by atoms with Crippen molar-refractivity contribution in [2.45, 2.75) is 0 Å². The molecule has 0 aromatic heterocycles. The molecule has 0 saturated heterocycles. The number of ether oxygens (including phenoxy) is 2. The van der Waals surface area contributed by atoms with Crippen LogP contribution in [0.15, 0.2) is 6.07 Å². The summed E-state index contributed by atoms with van der Waals surface area (Å²) in [6.45, 7) is 0. The molecule has 1 aromatic rings. The Morgan fingerprint density at radius 2 is 1.87 bits per heavy atom. The van der Waals surface area contributed by atoms with E-state index in [1.165, 1.54) is 7.11 Å². The predicted molar refractivity (Wildman–Crippen MR) is 46.4 cm³/mol. The second-order valence-corrected chi connectivity index (χ2v) is 2.59. The Bertz CT molecular complexity index is 404. The molecule has 0 spiro atoms. The number of methoxy groups -OCH3 is 2. The van der Waals surface area contributed by atoms with Gasteiger partial charge in [0.1, 0.15) is 5.56 Å². The molecule has 0 amide bonds. The summed E-state index contributed by atoms with van der Waals surface area (Å²) in [5, 5.41) is 8.57. The summed E-state index contributed by atoms with van der Waals surface area (Å²) in [5.41, 5.74) is -0.801. The Morgan fingerprint density at radius 1 is 1.27 bits per heavy atom. The molecule has 82 valence electrons. The SMILES string of the molecule is COc1cc(C(=O)O)c(F)c(F)c1OC. The van der Waals surface area contributed by atoms with Gasteiger partial charge in [-0.3, -0.25) is 0 Å². The Kier molecular flexibility index (Phi) is 3.08. The maximum Gasteiger partial charge on any atom is 0.338 e. The lowest BCUT2D eigenvalue weighted by Gasteiger charge is -2.10. The molecule has 0 radical (unpaired) electrons. The lowest BCUT2D eigenvalue weighted by Crippen LogP contribution is -2.06. The van der Waals surface area contributed by atoms with E-state index >= 15 is 0 Å². The average Bonchev–Trinajstić information content (AvgIpc) is 2.21. The van der Waals surface area contributed by atoms with Crippen molar-refractivity contribution in [1.82, 2.24) is 0 Å². The largest absolute Gasteiger partial charge is 0.493 e. The monoisotopic (exact) mass is 218 g/mol. The zero-order chi connectivity index (χ0) is 11.6. The highest BCUT2D eigenvalue weighted by Crippen LogP contribution is 2.33. The number of carbonyl (C=O) groups is 1. The van der Waals surface area contributed by atoms with Crippen LogP contribution in [-0.2, 0) is 0 Å². The molecule has 1 rings (SSSR count). The van der Waals surface area contributed by atoms with Gasteiger partial charge in [-0.25, -0.2) is 9.18 Å². The minimum atomic E-state index is -1.58. The minimum absolute atomic E-state index is 0.172.